The highest BCUT2D eigenvalue weighted by molar-refractivity contribution is 5.76. The van der Waals surface area contributed by atoms with Gasteiger partial charge in [-0.2, -0.15) is 4.98 Å². The third-order valence-electron chi connectivity index (χ3n) is 4.27. The van der Waals surface area contributed by atoms with Gasteiger partial charge in [0.1, 0.15) is 5.82 Å². The molecule has 1 aliphatic heterocycles. The summed E-state index contributed by atoms with van der Waals surface area (Å²) in [5.41, 5.74) is 4.63. The zero-order valence-corrected chi connectivity index (χ0v) is 12.3. The van der Waals surface area contributed by atoms with Crippen LogP contribution in [0.1, 0.15) is 33.0 Å². The zero-order valence-electron chi connectivity index (χ0n) is 12.3. The fourth-order valence-corrected chi connectivity index (χ4v) is 2.76. The zero-order chi connectivity index (χ0) is 14.9. The van der Waals surface area contributed by atoms with Crippen LogP contribution >= 0.6 is 0 Å². The SMILES string of the molecule is CC(C)[C@]1(O)CN(C(=O)CCc2nc(N)n[nH]2)C[C@H]1C. The first-order valence-electron chi connectivity index (χ1n) is 7.00. The van der Waals surface area contributed by atoms with Crippen LogP contribution < -0.4 is 5.73 Å². The Labute approximate surface area is 118 Å². The molecular weight excluding hydrogens is 258 g/mol. The summed E-state index contributed by atoms with van der Waals surface area (Å²) in [5.74, 6) is 1.05. The molecule has 0 radical (unpaired) electrons. The minimum absolute atomic E-state index is 0.0309. The molecule has 1 amide bonds. The van der Waals surface area contributed by atoms with Crippen LogP contribution in [0, 0.1) is 11.8 Å². The fourth-order valence-electron chi connectivity index (χ4n) is 2.76. The number of nitrogens with two attached hydrogens (primary N) is 1. The van der Waals surface area contributed by atoms with Crippen LogP contribution in [-0.4, -0.2) is 49.8 Å². The minimum Gasteiger partial charge on any atom is -0.387 e. The summed E-state index contributed by atoms with van der Waals surface area (Å²) in [6.45, 7) is 6.98. The number of carbonyl (C=O) groups is 1. The molecule has 1 aromatic rings. The Hall–Kier alpha value is -1.63. The van der Waals surface area contributed by atoms with Gasteiger partial charge in [0.15, 0.2) is 0 Å². The smallest absolute Gasteiger partial charge is 0.239 e. The van der Waals surface area contributed by atoms with E-state index in [0.29, 0.717) is 31.8 Å². The second kappa shape index (κ2) is 5.40. The Morgan fingerprint density at radius 2 is 2.35 bits per heavy atom. The van der Waals surface area contributed by atoms with Gasteiger partial charge in [0.2, 0.25) is 11.9 Å². The number of hydrogen-bond donors (Lipinski definition) is 3. The maximum Gasteiger partial charge on any atom is 0.239 e. The number of aromatic nitrogens is 3. The molecule has 1 aromatic heterocycles. The average molecular weight is 281 g/mol. The van der Waals surface area contributed by atoms with Gasteiger partial charge in [-0.15, -0.1) is 5.10 Å². The van der Waals surface area contributed by atoms with Gasteiger partial charge in [-0.25, -0.2) is 0 Å². The molecule has 2 heterocycles. The molecular formula is C13H23N5O2. The molecule has 0 unspecified atom stereocenters. The lowest BCUT2D eigenvalue weighted by molar-refractivity contribution is -0.131. The van der Waals surface area contributed by atoms with Gasteiger partial charge >= 0.3 is 0 Å². The number of carbonyl (C=O) groups excluding carboxylic acids is 1. The number of nitrogen functional groups attached to an aromatic ring is 1. The predicted octanol–water partition coefficient (Wildman–Crippen LogP) is 0.185. The molecule has 0 aromatic carbocycles. The highest BCUT2D eigenvalue weighted by atomic mass is 16.3. The number of nitrogens with zero attached hydrogens (tertiary/aromatic N) is 3. The van der Waals surface area contributed by atoms with E-state index in [1.54, 1.807) is 4.90 Å². The third-order valence-corrected chi connectivity index (χ3v) is 4.27. The normalized spacial score (nSPS) is 26.4. The van der Waals surface area contributed by atoms with Crippen molar-refractivity contribution in [1.82, 2.24) is 20.1 Å². The van der Waals surface area contributed by atoms with Gasteiger partial charge in [-0.1, -0.05) is 20.8 Å². The van der Waals surface area contributed by atoms with Gasteiger partial charge in [0.05, 0.1) is 5.60 Å². The van der Waals surface area contributed by atoms with E-state index < -0.39 is 5.60 Å². The van der Waals surface area contributed by atoms with Gasteiger partial charge in [-0.3, -0.25) is 9.89 Å². The molecule has 0 aliphatic carbocycles. The lowest BCUT2D eigenvalue weighted by atomic mass is 9.82. The van der Waals surface area contributed by atoms with Crippen molar-refractivity contribution in [3.05, 3.63) is 5.82 Å². The summed E-state index contributed by atoms with van der Waals surface area (Å²) in [6.07, 6.45) is 0.823. The quantitative estimate of drug-likeness (QED) is 0.730. The molecule has 1 saturated heterocycles. The second-order valence-electron chi connectivity index (χ2n) is 5.96. The van der Waals surface area contributed by atoms with Gasteiger partial charge in [0, 0.05) is 31.8 Å². The van der Waals surface area contributed by atoms with E-state index in [1.165, 1.54) is 0 Å². The summed E-state index contributed by atoms with van der Waals surface area (Å²) >= 11 is 0. The summed E-state index contributed by atoms with van der Waals surface area (Å²) in [4.78, 5) is 17.9. The number of aryl methyl sites for hydroxylation is 1. The topological polar surface area (TPSA) is 108 Å². The molecule has 20 heavy (non-hydrogen) atoms. The third kappa shape index (κ3) is 2.77. The number of aliphatic hydroxyl groups is 1. The number of anilines is 1. The number of rotatable bonds is 4. The first-order valence-corrected chi connectivity index (χ1v) is 7.00. The molecule has 112 valence electrons. The van der Waals surface area contributed by atoms with E-state index in [0.717, 1.165) is 0 Å². The number of H-pyrrole nitrogens is 1. The Kier molecular flexibility index (Phi) is 3.99. The monoisotopic (exact) mass is 281 g/mol. The van der Waals surface area contributed by atoms with E-state index in [1.807, 2.05) is 20.8 Å². The van der Waals surface area contributed by atoms with E-state index in [2.05, 4.69) is 15.2 Å². The van der Waals surface area contributed by atoms with Crippen molar-refractivity contribution < 1.29 is 9.90 Å². The van der Waals surface area contributed by atoms with Crippen LogP contribution in [0.2, 0.25) is 0 Å². The molecule has 7 nitrogen and oxygen atoms in total. The van der Waals surface area contributed by atoms with Crippen molar-refractivity contribution in [2.24, 2.45) is 11.8 Å². The van der Waals surface area contributed by atoms with Crippen LogP contribution in [-0.2, 0) is 11.2 Å². The van der Waals surface area contributed by atoms with Crippen LogP contribution in [0.3, 0.4) is 0 Å². The summed E-state index contributed by atoms with van der Waals surface area (Å²) in [5, 5.41) is 17.0. The van der Waals surface area contributed by atoms with E-state index in [-0.39, 0.29) is 23.7 Å². The molecule has 0 bridgehead atoms. The Morgan fingerprint density at radius 3 is 2.85 bits per heavy atom. The molecule has 1 fully saturated rings. The summed E-state index contributed by atoms with van der Waals surface area (Å²) in [6, 6.07) is 0. The van der Waals surface area contributed by atoms with Crippen molar-refractivity contribution in [2.45, 2.75) is 39.2 Å². The average Bonchev–Trinajstić information content (AvgIpc) is 2.92. The molecule has 4 N–H and O–H groups in total. The number of β-amino-alcohol motifs (C(OH)–C–C–N with tert-alkyl or cyclic N) is 1. The first kappa shape index (κ1) is 14.8. The van der Waals surface area contributed by atoms with Crippen LogP contribution in [0.15, 0.2) is 0 Å². The van der Waals surface area contributed by atoms with E-state index >= 15 is 0 Å². The van der Waals surface area contributed by atoms with E-state index in [9.17, 15) is 9.90 Å². The fraction of sp³-hybridized carbons (Fsp3) is 0.769. The largest absolute Gasteiger partial charge is 0.387 e. The number of likely N-dealkylation sites (tertiary alicyclic amines) is 1. The van der Waals surface area contributed by atoms with Crippen molar-refractivity contribution in [2.75, 3.05) is 18.8 Å². The van der Waals surface area contributed by atoms with Crippen molar-refractivity contribution in [3.63, 3.8) is 0 Å². The minimum atomic E-state index is -0.785. The highest BCUT2D eigenvalue weighted by Gasteiger charge is 2.46. The van der Waals surface area contributed by atoms with Gasteiger partial charge in [-0.05, 0) is 5.92 Å². The van der Waals surface area contributed by atoms with Gasteiger partial charge < -0.3 is 15.7 Å². The summed E-state index contributed by atoms with van der Waals surface area (Å²) < 4.78 is 0. The molecule has 1 aliphatic rings. The standard InChI is InChI=1S/C13H23N5O2/c1-8(2)13(20)7-18(6-9(13)3)11(19)5-4-10-15-12(14)17-16-10/h8-9,20H,4-7H2,1-3H3,(H3,14,15,16,17)/t9-,13-/m1/s1. The number of aromatic amines is 1. The van der Waals surface area contributed by atoms with Crippen molar-refractivity contribution in [1.29, 1.82) is 0 Å². The van der Waals surface area contributed by atoms with Crippen LogP contribution in [0.5, 0.6) is 0 Å². The van der Waals surface area contributed by atoms with Crippen molar-refractivity contribution in [3.8, 4) is 0 Å². The van der Waals surface area contributed by atoms with Crippen LogP contribution in [0.25, 0.3) is 0 Å². The molecule has 2 atom stereocenters. The summed E-state index contributed by atoms with van der Waals surface area (Å²) in [7, 11) is 0. The lowest BCUT2D eigenvalue weighted by Gasteiger charge is -2.31. The molecule has 2 rings (SSSR count). The number of amides is 1. The molecule has 0 saturated carbocycles. The Morgan fingerprint density at radius 1 is 1.65 bits per heavy atom. The Bertz CT molecular complexity index is 487. The maximum absolute atomic E-state index is 12.2. The van der Waals surface area contributed by atoms with Gasteiger partial charge in [0.25, 0.3) is 0 Å². The highest BCUT2D eigenvalue weighted by Crippen LogP contribution is 2.34. The second-order valence-corrected chi connectivity index (χ2v) is 5.96. The van der Waals surface area contributed by atoms with Crippen LogP contribution in [0.4, 0.5) is 5.95 Å². The number of hydrogen-bond acceptors (Lipinski definition) is 5. The maximum atomic E-state index is 12.2. The first-order chi connectivity index (χ1) is 9.33. The lowest BCUT2D eigenvalue weighted by Crippen LogP contribution is -2.43. The predicted molar refractivity (Wildman–Crippen MR) is 74.6 cm³/mol. The molecule has 7 heteroatoms. The van der Waals surface area contributed by atoms with E-state index in [4.69, 9.17) is 5.73 Å². The van der Waals surface area contributed by atoms with Crippen molar-refractivity contribution >= 4 is 11.9 Å². The molecule has 0 spiro atoms. The number of nitrogens with one attached hydrogen (secondary N) is 1. The Balaban J connectivity index is 1.91.